The monoisotopic (exact) mass is 365 g/mol. The van der Waals surface area contributed by atoms with Crippen molar-refractivity contribution in [1.29, 1.82) is 0 Å². The van der Waals surface area contributed by atoms with Crippen LogP contribution in [0.4, 0.5) is 5.82 Å². The molecule has 0 radical (unpaired) electrons. The van der Waals surface area contributed by atoms with Crippen LogP contribution in [0.2, 0.25) is 0 Å². The highest BCUT2D eigenvalue weighted by Gasteiger charge is 2.19. The van der Waals surface area contributed by atoms with Crippen LogP contribution in [0.3, 0.4) is 0 Å². The largest absolute Gasteiger partial charge is 0.378 e. The summed E-state index contributed by atoms with van der Waals surface area (Å²) < 4.78 is 7.52. The van der Waals surface area contributed by atoms with Crippen molar-refractivity contribution in [2.24, 2.45) is 0 Å². The minimum atomic E-state index is 0.738. The molecule has 27 heavy (non-hydrogen) atoms. The summed E-state index contributed by atoms with van der Waals surface area (Å²) in [5, 5.41) is 4.81. The smallest absolute Gasteiger partial charge is 0.182 e. The lowest BCUT2D eigenvalue weighted by molar-refractivity contribution is 0.122. The topological polar surface area (TPSA) is 45.9 Å². The predicted octanol–water partition coefficient (Wildman–Crippen LogP) is 2.86. The van der Waals surface area contributed by atoms with Crippen molar-refractivity contribution in [3.8, 4) is 11.4 Å². The van der Waals surface area contributed by atoms with Gasteiger partial charge in [-0.25, -0.2) is 9.50 Å². The van der Waals surface area contributed by atoms with E-state index < -0.39 is 0 Å². The molecule has 0 N–H and O–H groups in total. The Hall–Kier alpha value is -2.44. The van der Waals surface area contributed by atoms with Gasteiger partial charge in [-0.3, -0.25) is 0 Å². The molecule has 3 aromatic rings. The lowest BCUT2D eigenvalue weighted by Gasteiger charge is -2.28. The molecule has 0 saturated carbocycles. The number of fused-ring (bicyclic) bond motifs is 1. The highest BCUT2D eigenvalue weighted by Crippen LogP contribution is 2.26. The SMILES string of the molecule is CCc1ccc(-c2nc(N3CCOCC3)c3cc(CN(C)C)cn3n2)cc1. The minimum absolute atomic E-state index is 0.738. The summed E-state index contributed by atoms with van der Waals surface area (Å²) >= 11 is 0. The Morgan fingerprint density at radius 2 is 1.81 bits per heavy atom. The maximum absolute atomic E-state index is 5.53. The Kier molecular flexibility index (Phi) is 5.09. The second-order valence-corrected chi connectivity index (χ2v) is 7.32. The molecule has 2 aromatic heterocycles. The van der Waals surface area contributed by atoms with E-state index in [-0.39, 0.29) is 0 Å². The molecule has 0 bridgehead atoms. The summed E-state index contributed by atoms with van der Waals surface area (Å²) in [4.78, 5) is 9.44. The van der Waals surface area contributed by atoms with Crippen molar-refractivity contribution in [2.75, 3.05) is 45.3 Å². The number of aryl methyl sites for hydroxylation is 1. The number of morpholine rings is 1. The summed E-state index contributed by atoms with van der Waals surface area (Å²) in [6, 6.07) is 10.8. The van der Waals surface area contributed by atoms with Gasteiger partial charge in [-0.1, -0.05) is 31.2 Å². The van der Waals surface area contributed by atoms with Crippen molar-refractivity contribution < 1.29 is 4.74 Å². The minimum Gasteiger partial charge on any atom is -0.378 e. The Labute approximate surface area is 160 Å². The molecule has 0 atom stereocenters. The van der Waals surface area contributed by atoms with Gasteiger partial charge in [0.05, 0.1) is 13.2 Å². The molecule has 1 fully saturated rings. The summed E-state index contributed by atoms with van der Waals surface area (Å²) in [6.07, 6.45) is 3.15. The third-order valence-corrected chi connectivity index (χ3v) is 4.93. The summed E-state index contributed by atoms with van der Waals surface area (Å²) in [5.74, 6) is 1.76. The van der Waals surface area contributed by atoms with Crippen LogP contribution in [-0.2, 0) is 17.7 Å². The number of hydrogen-bond donors (Lipinski definition) is 0. The third kappa shape index (κ3) is 3.82. The van der Waals surface area contributed by atoms with Crippen molar-refractivity contribution in [3.05, 3.63) is 47.7 Å². The van der Waals surface area contributed by atoms with Crippen LogP contribution in [-0.4, -0.2) is 59.9 Å². The lowest BCUT2D eigenvalue weighted by atomic mass is 10.1. The van der Waals surface area contributed by atoms with Crippen LogP contribution in [0, 0.1) is 0 Å². The molecule has 0 aliphatic carbocycles. The zero-order valence-corrected chi connectivity index (χ0v) is 16.4. The van der Waals surface area contributed by atoms with Gasteiger partial charge in [-0.15, -0.1) is 5.10 Å². The average molecular weight is 365 g/mol. The highest BCUT2D eigenvalue weighted by atomic mass is 16.5. The Bertz CT molecular complexity index is 910. The number of anilines is 1. The molecule has 1 saturated heterocycles. The summed E-state index contributed by atoms with van der Waals surface area (Å²) in [7, 11) is 4.16. The normalized spacial score (nSPS) is 15.0. The Morgan fingerprint density at radius 3 is 2.48 bits per heavy atom. The van der Waals surface area contributed by atoms with E-state index in [9.17, 15) is 0 Å². The number of nitrogens with zero attached hydrogens (tertiary/aromatic N) is 5. The van der Waals surface area contributed by atoms with Crippen LogP contribution < -0.4 is 4.90 Å². The first-order valence-electron chi connectivity index (χ1n) is 9.60. The fourth-order valence-electron chi connectivity index (χ4n) is 3.51. The van der Waals surface area contributed by atoms with E-state index >= 15 is 0 Å². The second kappa shape index (κ2) is 7.66. The third-order valence-electron chi connectivity index (χ3n) is 4.93. The van der Waals surface area contributed by atoms with Gasteiger partial charge in [0.15, 0.2) is 11.6 Å². The first kappa shape index (κ1) is 17.9. The van der Waals surface area contributed by atoms with Gasteiger partial charge >= 0.3 is 0 Å². The average Bonchev–Trinajstić information content (AvgIpc) is 3.09. The van der Waals surface area contributed by atoms with Crippen LogP contribution in [0.5, 0.6) is 0 Å². The van der Waals surface area contributed by atoms with Gasteiger partial charge in [0.25, 0.3) is 0 Å². The maximum Gasteiger partial charge on any atom is 0.182 e. The molecule has 6 nitrogen and oxygen atoms in total. The highest BCUT2D eigenvalue weighted by molar-refractivity contribution is 5.72. The van der Waals surface area contributed by atoms with Crippen LogP contribution in [0.25, 0.3) is 16.9 Å². The van der Waals surface area contributed by atoms with Gasteiger partial charge in [0.2, 0.25) is 0 Å². The van der Waals surface area contributed by atoms with E-state index in [4.69, 9.17) is 14.8 Å². The molecule has 0 unspecified atom stereocenters. The van der Waals surface area contributed by atoms with E-state index in [1.807, 2.05) is 4.52 Å². The van der Waals surface area contributed by atoms with E-state index in [0.29, 0.717) is 0 Å². The number of rotatable bonds is 5. The van der Waals surface area contributed by atoms with Crippen molar-refractivity contribution >= 4 is 11.3 Å². The summed E-state index contributed by atoms with van der Waals surface area (Å²) in [6.45, 7) is 6.24. The molecule has 0 amide bonds. The number of aromatic nitrogens is 3. The zero-order valence-electron chi connectivity index (χ0n) is 16.4. The van der Waals surface area contributed by atoms with Gasteiger partial charge < -0.3 is 14.5 Å². The molecule has 6 heteroatoms. The molecular weight excluding hydrogens is 338 g/mol. The second-order valence-electron chi connectivity index (χ2n) is 7.32. The van der Waals surface area contributed by atoms with Crippen LogP contribution in [0.15, 0.2) is 36.5 Å². The fourth-order valence-corrected chi connectivity index (χ4v) is 3.51. The van der Waals surface area contributed by atoms with Gasteiger partial charge in [-0.2, -0.15) is 0 Å². The molecule has 4 rings (SSSR count). The molecule has 3 heterocycles. The molecule has 142 valence electrons. The van der Waals surface area contributed by atoms with E-state index in [1.165, 1.54) is 11.1 Å². The fraction of sp³-hybridized carbons (Fsp3) is 0.429. The summed E-state index contributed by atoms with van der Waals surface area (Å²) in [5.41, 5.74) is 4.67. The number of hydrogen-bond acceptors (Lipinski definition) is 5. The quantitative estimate of drug-likeness (QED) is 0.696. The van der Waals surface area contributed by atoms with Gasteiger partial charge in [0, 0.05) is 31.4 Å². The molecule has 0 spiro atoms. The van der Waals surface area contributed by atoms with Crippen molar-refractivity contribution in [2.45, 2.75) is 19.9 Å². The first-order chi connectivity index (χ1) is 13.1. The maximum atomic E-state index is 5.53. The van der Waals surface area contributed by atoms with E-state index in [2.05, 4.69) is 67.3 Å². The van der Waals surface area contributed by atoms with E-state index in [1.54, 1.807) is 0 Å². The van der Waals surface area contributed by atoms with Crippen molar-refractivity contribution in [1.82, 2.24) is 19.5 Å². The number of benzene rings is 1. The van der Waals surface area contributed by atoms with Gasteiger partial charge in [0.1, 0.15) is 5.52 Å². The van der Waals surface area contributed by atoms with Crippen LogP contribution >= 0.6 is 0 Å². The zero-order chi connectivity index (χ0) is 18.8. The Balaban J connectivity index is 1.81. The molecular formula is C21H27N5O. The molecule has 1 aliphatic heterocycles. The van der Waals surface area contributed by atoms with E-state index in [0.717, 1.165) is 62.0 Å². The standard InChI is InChI=1S/C21H27N5O/c1-4-16-5-7-18(8-6-16)20-22-21(25-9-11-27-12-10-25)19-13-17(14-24(2)3)15-26(19)23-20/h5-8,13,15H,4,9-12,14H2,1-3H3. The van der Waals surface area contributed by atoms with Crippen LogP contribution in [0.1, 0.15) is 18.1 Å². The number of ether oxygens (including phenoxy) is 1. The first-order valence-corrected chi connectivity index (χ1v) is 9.60. The lowest BCUT2D eigenvalue weighted by Crippen LogP contribution is -2.37. The molecule has 1 aromatic carbocycles. The Morgan fingerprint density at radius 1 is 1.07 bits per heavy atom. The van der Waals surface area contributed by atoms with Crippen molar-refractivity contribution in [3.63, 3.8) is 0 Å². The molecule has 1 aliphatic rings. The predicted molar refractivity (Wildman–Crippen MR) is 108 cm³/mol. The van der Waals surface area contributed by atoms with Gasteiger partial charge in [-0.05, 0) is 37.7 Å².